The van der Waals surface area contributed by atoms with E-state index in [1.54, 1.807) is 24.7 Å². The van der Waals surface area contributed by atoms with E-state index in [2.05, 4.69) is 9.72 Å². The first kappa shape index (κ1) is 20.9. The van der Waals surface area contributed by atoms with E-state index in [1.807, 2.05) is 32.0 Å². The molecule has 0 amide bonds. The van der Waals surface area contributed by atoms with E-state index in [9.17, 15) is 9.59 Å². The van der Waals surface area contributed by atoms with Crippen LogP contribution in [0.3, 0.4) is 0 Å². The topological polar surface area (TPSA) is 83.6 Å². The number of ether oxygens (including phenoxy) is 2. The Morgan fingerprint density at radius 3 is 2.65 bits per heavy atom. The summed E-state index contributed by atoms with van der Waals surface area (Å²) in [5.74, 6) is 1.26. The van der Waals surface area contributed by atoms with Crippen molar-refractivity contribution >= 4 is 27.5 Å². The summed E-state index contributed by atoms with van der Waals surface area (Å²) < 4.78 is 17.4. The maximum absolute atomic E-state index is 13.6. The number of carbonyl (C=O) groups is 1. The van der Waals surface area contributed by atoms with Crippen LogP contribution in [0.4, 0.5) is 0 Å². The van der Waals surface area contributed by atoms with Crippen molar-refractivity contribution in [3.63, 3.8) is 0 Å². The number of rotatable bonds is 5. The molecule has 0 aliphatic carbocycles. The number of nitrogens with zero attached hydrogens (tertiary/aromatic N) is 2. The lowest BCUT2D eigenvalue weighted by molar-refractivity contribution is 0.0563. The van der Waals surface area contributed by atoms with E-state index in [0.29, 0.717) is 27.6 Å². The van der Waals surface area contributed by atoms with Gasteiger partial charge in [-0.2, -0.15) is 0 Å². The molecule has 0 saturated heterocycles. The van der Waals surface area contributed by atoms with Gasteiger partial charge in [-0.3, -0.25) is 9.36 Å². The summed E-state index contributed by atoms with van der Waals surface area (Å²) in [7, 11) is 2.91. The molecular weight excluding hydrogens is 416 g/mol. The zero-order chi connectivity index (χ0) is 22.3. The van der Waals surface area contributed by atoms with Gasteiger partial charge in [-0.15, -0.1) is 11.3 Å². The molecule has 0 aliphatic heterocycles. The zero-order valence-corrected chi connectivity index (χ0v) is 18.8. The number of benzene rings is 1. The first-order valence-electron chi connectivity index (χ1n) is 9.66. The predicted molar refractivity (Wildman–Crippen MR) is 119 cm³/mol. The van der Waals surface area contributed by atoms with E-state index in [4.69, 9.17) is 9.15 Å². The van der Waals surface area contributed by atoms with Gasteiger partial charge in [-0.1, -0.05) is 11.6 Å². The fourth-order valence-electron chi connectivity index (χ4n) is 3.65. The van der Waals surface area contributed by atoms with E-state index in [0.717, 1.165) is 21.6 Å². The molecule has 1 aromatic carbocycles. The maximum atomic E-state index is 13.6. The van der Waals surface area contributed by atoms with Crippen LogP contribution in [0.25, 0.3) is 21.3 Å². The van der Waals surface area contributed by atoms with Crippen LogP contribution in [0, 0.1) is 20.8 Å². The van der Waals surface area contributed by atoms with Crippen LogP contribution in [-0.2, 0) is 11.3 Å². The highest BCUT2D eigenvalue weighted by atomic mass is 32.1. The normalized spacial score (nSPS) is 11.1. The number of aryl methyl sites for hydroxylation is 3. The highest BCUT2D eigenvalue weighted by molar-refractivity contribution is 7.19. The SMILES string of the molecule is COC(=O)c1ccc(Cn2c(C)nc3sc(C)c(-c4cc(C)ccc4OC)c3c2=O)o1. The fourth-order valence-corrected chi connectivity index (χ4v) is 4.73. The molecule has 0 fully saturated rings. The average molecular weight is 439 g/mol. The van der Waals surface area contributed by atoms with E-state index < -0.39 is 5.97 Å². The van der Waals surface area contributed by atoms with Gasteiger partial charge in [0.1, 0.15) is 22.2 Å². The molecule has 4 rings (SSSR count). The molecule has 0 atom stereocenters. The standard InChI is InChI=1S/C23H22N2O5S/c1-12-6-8-17(28-4)16(10-12)19-13(2)31-21-20(19)22(26)25(14(3)24-21)11-15-7-9-18(30-15)23(27)29-5/h6-10H,11H2,1-5H3. The summed E-state index contributed by atoms with van der Waals surface area (Å²) in [6, 6.07) is 9.09. The van der Waals surface area contributed by atoms with Crippen molar-refractivity contribution in [3.05, 3.63) is 68.5 Å². The number of furan rings is 1. The number of carbonyl (C=O) groups excluding carboxylic acids is 1. The lowest BCUT2D eigenvalue weighted by Gasteiger charge is -2.12. The summed E-state index contributed by atoms with van der Waals surface area (Å²) in [4.78, 5) is 31.6. The third kappa shape index (κ3) is 3.63. The van der Waals surface area contributed by atoms with Gasteiger partial charge in [0.15, 0.2) is 0 Å². The number of hydrogen-bond acceptors (Lipinski definition) is 7. The molecule has 3 heterocycles. The molecule has 0 saturated carbocycles. The van der Waals surface area contributed by atoms with E-state index in [1.165, 1.54) is 24.5 Å². The van der Waals surface area contributed by atoms with Crippen LogP contribution in [0.5, 0.6) is 5.75 Å². The molecule has 0 bridgehead atoms. The van der Waals surface area contributed by atoms with Gasteiger partial charge in [0, 0.05) is 16.0 Å². The van der Waals surface area contributed by atoms with Crippen molar-refractivity contribution in [3.8, 4) is 16.9 Å². The van der Waals surface area contributed by atoms with E-state index >= 15 is 0 Å². The van der Waals surface area contributed by atoms with Gasteiger partial charge >= 0.3 is 5.97 Å². The number of fused-ring (bicyclic) bond motifs is 1. The Morgan fingerprint density at radius 2 is 1.94 bits per heavy atom. The van der Waals surface area contributed by atoms with Crippen LogP contribution >= 0.6 is 11.3 Å². The molecule has 31 heavy (non-hydrogen) atoms. The van der Waals surface area contributed by atoms with Crippen molar-refractivity contribution in [1.29, 1.82) is 0 Å². The van der Waals surface area contributed by atoms with Crippen molar-refractivity contribution in [2.75, 3.05) is 14.2 Å². The molecule has 0 aliphatic rings. The van der Waals surface area contributed by atoms with Gasteiger partial charge < -0.3 is 13.9 Å². The molecular formula is C23H22N2O5S. The van der Waals surface area contributed by atoms with Gasteiger partial charge in [0.05, 0.1) is 26.2 Å². The van der Waals surface area contributed by atoms with Crippen LogP contribution in [-0.4, -0.2) is 29.7 Å². The van der Waals surface area contributed by atoms with Crippen molar-refractivity contribution < 1.29 is 18.7 Å². The molecule has 160 valence electrons. The quantitative estimate of drug-likeness (QED) is 0.427. The molecule has 0 N–H and O–H groups in total. The van der Waals surface area contributed by atoms with Gasteiger partial charge in [-0.05, 0) is 45.0 Å². The first-order chi connectivity index (χ1) is 14.8. The van der Waals surface area contributed by atoms with Crippen molar-refractivity contribution in [2.45, 2.75) is 27.3 Å². The second-order valence-corrected chi connectivity index (χ2v) is 8.43. The Bertz CT molecular complexity index is 1360. The summed E-state index contributed by atoms with van der Waals surface area (Å²) in [5.41, 5.74) is 2.61. The van der Waals surface area contributed by atoms with E-state index in [-0.39, 0.29) is 17.9 Å². The highest BCUT2D eigenvalue weighted by Crippen LogP contribution is 2.40. The first-order valence-corrected chi connectivity index (χ1v) is 10.5. The summed E-state index contributed by atoms with van der Waals surface area (Å²) in [6.45, 7) is 5.93. The van der Waals surface area contributed by atoms with Crippen LogP contribution in [0.1, 0.15) is 32.6 Å². The molecule has 0 unspecified atom stereocenters. The van der Waals surface area contributed by atoms with Crippen molar-refractivity contribution in [2.24, 2.45) is 0 Å². The summed E-state index contributed by atoms with van der Waals surface area (Å²) in [6.07, 6.45) is 0. The van der Waals surface area contributed by atoms with Gasteiger partial charge in [-0.25, -0.2) is 9.78 Å². The van der Waals surface area contributed by atoms with Crippen molar-refractivity contribution in [1.82, 2.24) is 9.55 Å². The monoisotopic (exact) mass is 438 g/mol. The second-order valence-electron chi connectivity index (χ2n) is 7.22. The van der Waals surface area contributed by atoms with Gasteiger partial charge in [0.25, 0.3) is 5.56 Å². The Balaban J connectivity index is 1.89. The van der Waals surface area contributed by atoms with Crippen LogP contribution < -0.4 is 10.3 Å². The third-order valence-electron chi connectivity index (χ3n) is 5.17. The minimum atomic E-state index is -0.564. The number of methoxy groups -OCH3 is 2. The maximum Gasteiger partial charge on any atom is 0.373 e. The lowest BCUT2D eigenvalue weighted by Crippen LogP contribution is -2.24. The fraction of sp³-hybridized carbons (Fsp3) is 0.261. The van der Waals surface area contributed by atoms with Crippen LogP contribution in [0.2, 0.25) is 0 Å². The minimum Gasteiger partial charge on any atom is -0.496 e. The Morgan fingerprint density at radius 1 is 1.16 bits per heavy atom. The average Bonchev–Trinajstić information content (AvgIpc) is 3.34. The highest BCUT2D eigenvalue weighted by Gasteiger charge is 2.22. The molecule has 0 spiro atoms. The Hall–Kier alpha value is -3.39. The number of thiophene rings is 1. The number of hydrogen-bond donors (Lipinski definition) is 0. The smallest absolute Gasteiger partial charge is 0.373 e. The largest absolute Gasteiger partial charge is 0.496 e. The number of esters is 1. The van der Waals surface area contributed by atoms with Gasteiger partial charge in [0.2, 0.25) is 5.76 Å². The second kappa shape index (κ2) is 8.03. The molecule has 7 nitrogen and oxygen atoms in total. The van der Waals surface area contributed by atoms with Crippen LogP contribution in [0.15, 0.2) is 39.5 Å². The molecule has 4 aromatic rings. The lowest BCUT2D eigenvalue weighted by atomic mass is 10.0. The molecule has 3 aromatic heterocycles. The predicted octanol–water partition coefficient (Wildman–Crippen LogP) is 4.49. The minimum absolute atomic E-state index is 0.0915. The third-order valence-corrected chi connectivity index (χ3v) is 6.16. The summed E-state index contributed by atoms with van der Waals surface area (Å²) in [5, 5.41) is 0.553. The Labute approximate surface area is 182 Å². The summed E-state index contributed by atoms with van der Waals surface area (Å²) >= 11 is 1.49. The zero-order valence-electron chi connectivity index (χ0n) is 17.9. The Kier molecular flexibility index (Phi) is 5.41. The molecule has 0 radical (unpaired) electrons. The molecule has 8 heteroatoms. The number of aromatic nitrogens is 2.